The number of hydrogen-bond donors (Lipinski definition) is 3. The number of carbonyl (C=O) groups is 4. The van der Waals surface area contributed by atoms with Gasteiger partial charge in [-0.05, 0) is 73.5 Å². The predicted molar refractivity (Wildman–Crippen MR) is 143 cm³/mol. The SMILES string of the molecule is CC1=CC(=O)C2=C(CC3C(=CCC4C(=O)N(c5cccc(B(O)O)c5)C(=O)C43)C2c2ccc(O)c(C)c2)C1=O. The van der Waals surface area contributed by atoms with E-state index in [0.29, 0.717) is 28.7 Å². The number of hydrogen-bond acceptors (Lipinski definition) is 7. The summed E-state index contributed by atoms with van der Waals surface area (Å²) in [5, 5.41) is 29.4. The Bertz CT molecular complexity index is 1580. The van der Waals surface area contributed by atoms with Gasteiger partial charge in [-0.25, -0.2) is 0 Å². The maximum Gasteiger partial charge on any atom is 0.488 e. The summed E-state index contributed by atoms with van der Waals surface area (Å²) in [4.78, 5) is 55.3. The Morgan fingerprint density at radius 3 is 2.44 bits per heavy atom. The van der Waals surface area contributed by atoms with Gasteiger partial charge in [-0.3, -0.25) is 24.1 Å². The number of aromatic hydroxyl groups is 1. The highest BCUT2D eigenvalue weighted by molar-refractivity contribution is 6.58. The molecule has 39 heavy (non-hydrogen) atoms. The Hall–Kier alpha value is -4.08. The van der Waals surface area contributed by atoms with Crippen LogP contribution in [0.25, 0.3) is 0 Å². The first-order chi connectivity index (χ1) is 18.6. The van der Waals surface area contributed by atoms with Crippen molar-refractivity contribution in [2.24, 2.45) is 17.8 Å². The van der Waals surface area contributed by atoms with E-state index in [1.165, 1.54) is 18.2 Å². The number of phenols is 1. The summed E-state index contributed by atoms with van der Waals surface area (Å²) in [6.45, 7) is 3.36. The van der Waals surface area contributed by atoms with E-state index in [1.54, 1.807) is 44.2 Å². The zero-order chi connectivity index (χ0) is 27.7. The topological polar surface area (TPSA) is 132 Å². The van der Waals surface area contributed by atoms with Crippen molar-refractivity contribution in [2.45, 2.75) is 32.6 Å². The molecule has 0 bridgehead atoms. The van der Waals surface area contributed by atoms with E-state index in [9.17, 15) is 34.3 Å². The minimum absolute atomic E-state index is 0.113. The number of aryl methyl sites for hydroxylation is 1. The van der Waals surface area contributed by atoms with E-state index in [-0.39, 0.29) is 40.8 Å². The van der Waals surface area contributed by atoms with Crippen LogP contribution >= 0.6 is 0 Å². The van der Waals surface area contributed by atoms with Crippen LogP contribution < -0.4 is 10.4 Å². The predicted octanol–water partition coefficient (Wildman–Crippen LogP) is 2.01. The molecule has 3 aliphatic carbocycles. The fourth-order valence-corrected chi connectivity index (χ4v) is 6.70. The minimum Gasteiger partial charge on any atom is -0.508 e. The van der Waals surface area contributed by atoms with Crippen molar-refractivity contribution in [1.82, 2.24) is 0 Å². The molecule has 196 valence electrons. The van der Waals surface area contributed by atoms with Crippen molar-refractivity contribution >= 4 is 41.6 Å². The van der Waals surface area contributed by atoms with Crippen LogP contribution in [0, 0.1) is 24.7 Å². The number of imide groups is 1. The van der Waals surface area contributed by atoms with Crippen molar-refractivity contribution in [3.63, 3.8) is 0 Å². The number of phenolic OH excluding ortho intramolecular Hbond substituents is 1. The lowest BCUT2D eigenvalue weighted by molar-refractivity contribution is -0.123. The number of benzene rings is 2. The van der Waals surface area contributed by atoms with E-state index in [0.717, 1.165) is 16.0 Å². The van der Waals surface area contributed by atoms with Crippen molar-refractivity contribution in [3.05, 3.63) is 88.0 Å². The van der Waals surface area contributed by atoms with Gasteiger partial charge in [0.15, 0.2) is 11.6 Å². The Morgan fingerprint density at radius 1 is 0.949 bits per heavy atom. The summed E-state index contributed by atoms with van der Waals surface area (Å²) >= 11 is 0. The van der Waals surface area contributed by atoms with Gasteiger partial charge < -0.3 is 15.2 Å². The Balaban J connectivity index is 1.47. The summed E-state index contributed by atoms with van der Waals surface area (Å²) in [7, 11) is -1.75. The quantitative estimate of drug-likeness (QED) is 0.243. The maximum absolute atomic E-state index is 13.9. The highest BCUT2D eigenvalue weighted by Crippen LogP contribution is 2.55. The number of carbonyl (C=O) groups excluding carboxylic acids is 4. The van der Waals surface area contributed by atoms with Gasteiger partial charge in [0.2, 0.25) is 11.8 Å². The van der Waals surface area contributed by atoms with E-state index >= 15 is 0 Å². The average molecular weight is 523 g/mol. The van der Waals surface area contributed by atoms with Crippen LogP contribution in [0.4, 0.5) is 5.69 Å². The molecule has 2 aromatic rings. The van der Waals surface area contributed by atoms with Gasteiger partial charge in [-0.15, -0.1) is 0 Å². The summed E-state index contributed by atoms with van der Waals surface area (Å²) < 4.78 is 0. The number of ketones is 2. The van der Waals surface area contributed by atoms with Crippen molar-refractivity contribution in [3.8, 4) is 5.75 Å². The van der Waals surface area contributed by atoms with Crippen molar-refractivity contribution < 1.29 is 34.3 Å². The van der Waals surface area contributed by atoms with Crippen LogP contribution in [0.2, 0.25) is 0 Å². The zero-order valence-electron chi connectivity index (χ0n) is 21.4. The van der Waals surface area contributed by atoms with Crippen LogP contribution in [0.5, 0.6) is 5.75 Å². The molecule has 1 saturated heterocycles. The number of Topliss-reactive ketones (excluding diaryl/α,β-unsaturated/α-hetero) is 1. The molecular formula is C30H26BNO7. The molecule has 1 heterocycles. The second-order valence-corrected chi connectivity index (χ2v) is 10.8. The Kier molecular flexibility index (Phi) is 5.82. The molecule has 6 rings (SSSR count). The lowest BCUT2D eigenvalue weighted by Gasteiger charge is -2.42. The van der Waals surface area contributed by atoms with Crippen molar-refractivity contribution in [1.29, 1.82) is 0 Å². The lowest BCUT2D eigenvalue weighted by atomic mass is 9.59. The summed E-state index contributed by atoms with van der Waals surface area (Å²) in [6.07, 6.45) is 3.78. The van der Waals surface area contributed by atoms with E-state index in [4.69, 9.17) is 0 Å². The van der Waals surface area contributed by atoms with Gasteiger partial charge >= 0.3 is 7.12 Å². The van der Waals surface area contributed by atoms with Gasteiger partial charge in [0.25, 0.3) is 0 Å². The molecule has 9 heteroatoms. The van der Waals surface area contributed by atoms with Gasteiger partial charge in [0, 0.05) is 22.6 Å². The number of anilines is 1. The molecule has 0 aromatic heterocycles. The molecule has 1 fully saturated rings. The molecule has 8 nitrogen and oxygen atoms in total. The molecule has 4 atom stereocenters. The van der Waals surface area contributed by atoms with Crippen LogP contribution in [-0.2, 0) is 19.2 Å². The standard InChI is InChI=1S/C30H26BNO7/c1-14-10-16(6-9-23(14)33)25-19-7-8-20-26(21(19)13-22-27(25)24(34)11-15(2)28(22)35)30(37)32(29(20)36)18-5-3-4-17(12-18)31(38)39/h3-7,9-12,20-21,25-26,33,38-39H,8,13H2,1-2H3. The molecule has 4 unspecified atom stereocenters. The third kappa shape index (κ3) is 3.76. The average Bonchev–Trinajstić information content (AvgIpc) is 3.17. The summed E-state index contributed by atoms with van der Waals surface area (Å²) in [6, 6.07) is 11.1. The minimum atomic E-state index is -1.75. The molecule has 2 amide bonds. The van der Waals surface area contributed by atoms with Crippen LogP contribution in [0.1, 0.15) is 36.8 Å². The highest BCUT2D eigenvalue weighted by Gasteiger charge is 2.56. The largest absolute Gasteiger partial charge is 0.508 e. The van der Waals surface area contributed by atoms with Gasteiger partial charge in [-0.2, -0.15) is 0 Å². The normalized spacial score (nSPS) is 26.2. The van der Waals surface area contributed by atoms with E-state index in [1.807, 2.05) is 6.08 Å². The van der Waals surface area contributed by atoms with Crippen molar-refractivity contribution in [2.75, 3.05) is 4.90 Å². The number of amides is 2. The molecule has 0 spiro atoms. The third-order valence-corrected chi connectivity index (χ3v) is 8.54. The molecule has 2 aromatic carbocycles. The van der Waals surface area contributed by atoms with Gasteiger partial charge in [0.05, 0.1) is 17.5 Å². The van der Waals surface area contributed by atoms with Crippen LogP contribution in [0.15, 0.2) is 76.9 Å². The molecule has 0 radical (unpaired) electrons. The fraction of sp³-hybridized carbons (Fsp3) is 0.267. The van der Waals surface area contributed by atoms with Gasteiger partial charge in [0.1, 0.15) is 5.75 Å². The first kappa shape index (κ1) is 25.2. The number of rotatable bonds is 3. The lowest BCUT2D eigenvalue weighted by Crippen LogP contribution is -2.40. The molecule has 3 N–H and O–H groups in total. The Labute approximate surface area is 225 Å². The monoisotopic (exact) mass is 523 g/mol. The molecule has 0 saturated carbocycles. The summed E-state index contributed by atoms with van der Waals surface area (Å²) in [5.41, 5.74) is 3.72. The number of allylic oxidation sites excluding steroid dienone is 6. The third-order valence-electron chi connectivity index (χ3n) is 8.54. The Morgan fingerprint density at radius 2 is 1.72 bits per heavy atom. The van der Waals surface area contributed by atoms with Crippen LogP contribution in [0.3, 0.4) is 0 Å². The first-order valence-electron chi connectivity index (χ1n) is 12.9. The maximum atomic E-state index is 13.9. The molecular weight excluding hydrogens is 497 g/mol. The summed E-state index contributed by atoms with van der Waals surface area (Å²) in [5.74, 6) is -3.56. The smallest absolute Gasteiger partial charge is 0.488 e. The second kappa shape index (κ2) is 9.00. The zero-order valence-corrected chi connectivity index (χ0v) is 21.4. The number of nitrogens with zero attached hydrogens (tertiary/aromatic N) is 1. The molecule has 4 aliphatic rings. The van der Waals surface area contributed by atoms with Gasteiger partial charge in [-0.1, -0.05) is 35.9 Å². The number of fused-ring (bicyclic) bond motifs is 3. The van der Waals surface area contributed by atoms with E-state index < -0.39 is 36.7 Å². The van der Waals surface area contributed by atoms with E-state index in [2.05, 4.69) is 0 Å². The fourth-order valence-electron chi connectivity index (χ4n) is 6.70. The first-order valence-corrected chi connectivity index (χ1v) is 12.9. The van der Waals surface area contributed by atoms with Crippen LogP contribution in [-0.4, -0.2) is 45.7 Å². The highest BCUT2D eigenvalue weighted by atomic mass is 16.4. The molecule has 1 aliphatic heterocycles. The second-order valence-electron chi connectivity index (χ2n) is 10.8.